The number of hydrogen-bond acceptors (Lipinski definition) is 1. The van der Waals surface area contributed by atoms with Gasteiger partial charge in [0, 0.05) is 24.1 Å². The van der Waals surface area contributed by atoms with E-state index in [2.05, 4.69) is 12.2 Å². The van der Waals surface area contributed by atoms with E-state index in [1.54, 1.807) is 0 Å². The summed E-state index contributed by atoms with van der Waals surface area (Å²) in [5.41, 5.74) is 0.757. The fourth-order valence-electron chi connectivity index (χ4n) is 3.37. The maximum atomic E-state index is 13.6. The minimum atomic E-state index is -0.454. The second kappa shape index (κ2) is 5.44. The molecule has 0 unspecified atom stereocenters. The van der Waals surface area contributed by atoms with E-state index < -0.39 is 11.6 Å². The van der Waals surface area contributed by atoms with E-state index in [4.69, 9.17) is 0 Å². The van der Waals surface area contributed by atoms with Crippen molar-refractivity contribution >= 4 is 0 Å². The van der Waals surface area contributed by atoms with Crippen LogP contribution in [0.1, 0.15) is 51.0 Å². The molecule has 0 saturated heterocycles. The molecule has 110 valence electrons. The molecule has 0 aromatic heterocycles. The highest BCUT2D eigenvalue weighted by Gasteiger charge is 2.37. The van der Waals surface area contributed by atoms with Crippen molar-refractivity contribution in [2.24, 2.45) is 5.92 Å². The van der Waals surface area contributed by atoms with Crippen LogP contribution in [0.2, 0.25) is 0 Å². The largest absolute Gasteiger partial charge is 0.313 e. The highest BCUT2D eigenvalue weighted by Crippen LogP contribution is 2.42. The van der Waals surface area contributed by atoms with Crippen LogP contribution in [0.5, 0.6) is 0 Å². The van der Waals surface area contributed by atoms with Gasteiger partial charge in [0.15, 0.2) is 0 Å². The molecule has 0 bridgehead atoms. The van der Waals surface area contributed by atoms with Gasteiger partial charge in [0.25, 0.3) is 0 Å². The summed E-state index contributed by atoms with van der Waals surface area (Å²) in [6.07, 6.45) is 6.82. The first-order valence-corrected chi connectivity index (χ1v) is 7.77. The Morgan fingerprint density at radius 3 is 2.20 bits per heavy atom. The van der Waals surface area contributed by atoms with Crippen LogP contribution in [-0.4, -0.2) is 12.6 Å². The second-order valence-corrected chi connectivity index (χ2v) is 6.78. The Labute approximate surface area is 119 Å². The Balaban J connectivity index is 1.86. The van der Waals surface area contributed by atoms with Crippen molar-refractivity contribution in [2.45, 2.75) is 56.9 Å². The van der Waals surface area contributed by atoms with E-state index in [1.165, 1.54) is 25.0 Å². The zero-order chi connectivity index (χ0) is 14.2. The minimum absolute atomic E-state index is 0.0853. The zero-order valence-corrected chi connectivity index (χ0v) is 12.1. The lowest BCUT2D eigenvalue weighted by molar-refractivity contribution is 0.232. The molecule has 3 heteroatoms. The Bertz CT molecular complexity index is 454. The summed E-state index contributed by atoms with van der Waals surface area (Å²) in [5.74, 6) is -0.184. The lowest BCUT2D eigenvalue weighted by Crippen LogP contribution is -2.42. The molecule has 1 nitrogen and oxygen atoms in total. The molecule has 1 aromatic rings. The van der Waals surface area contributed by atoms with Crippen LogP contribution in [0.15, 0.2) is 18.2 Å². The molecule has 2 aliphatic rings. The highest BCUT2D eigenvalue weighted by molar-refractivity contribution is 5.28. The van der Waals surface area contributed by atoms with Crippen molar-refractivity contribution in [3.63, 3.8) is 0 Å². The summed E-state index contributed by atoms with van der Waals surface area (Å²) in [6.45, 7) is 3.12. The molecule has 0 heterocycles. The number of halogens is 2. The van der Waals surface area contributed by atoms with E-state index in [9.17, 15) is 8.78 Å². The average molecular weight is 279 g/mol. The van der Waals surface area contributed by atoms with E-state index in [1.807, 2.05) is 0 Å². The SMILES string of the molecule is CC1CCC(CNC2CC2)(c2cc(F)cc(F)c2)CC1. The van der Waals surface area contributed by atoms with Crippen molar-refractivity contribution in [3.05, 3.63) is 35.4 Å². The van der Waals surface area contributed by atoms with Crippen molar-refractivity contribution in [3.8, 4) is 0 Å². The molecule has 0 spiro atoms. The summed E-state index contributed by atoms with van der Waals surface area (Å²) < 4.78 is 27.2. The van der Waals surface area contributed by atoms with E-state index >= 15 is 0 Å². The van der Waals surface area contributed by atoms with Gasteiger partial charge in [-0.05, 0) is 62.1 Å². The van der Waals surface area contributed by atoms with Crippen molar-refractivity contribution in [1.82, 2.24) is 5.32 Å². The number of nitrogens with one attached hydrogen (secondary N) is 1. The van der Waals surface area contributed by atoms with E-state index in [-0.39, 0.29) is 5.41 Å². The zero-order valence-electron chi connectivity index (χ0n) is 12.1. The Morgan fingerprint density at radius 1 is 1.05 bits per heavy atom. The third-order valence-electron chi connectivity index (χ3n) is 5.01. The molecule has 0 atom stereocenters. The van der Waals surface area contributed by atoms with Crippen LogP contribution in [0, 0.1) is 17.6 Å². The first-order valence-electron chi connectivity index (χ1n) is 7.77. The smallest absolute Gasteiger partial charge is 0.126 e. The summed E-state index contributed by atoms with van der Waals surface area (Å²) in [7, 11) is 0. The van der Waals surface area contributed by atoms with Gasteiger partial charge in [-0.1, -0.05) is 6.92 Å². The first-order chi connectivity index (χ1) is 9.57. The third-order valence-corrected chi connectivity index (χ3v) is 5.01. The van der Waals surface area contributed by atoms with Crippen molar-refractivity contribution in [2.75, 3.05) is 6.54 Å². The van der Waals surface area contributed by atoms with Crippen molar-refractivity contribution in [1.29, 1.82) is 0 Å². The molecule has 2 fully saturated rings. The standard InChI is InChI=1S/C17H23F2N/c1-12-4-6-17(7-5-12,11-20-16-2-3-16)13-8-14(18)10-15(19)9-13/h8-10,12,16,20H,2-7,11H2,1H3. The van der Waals surface area contributed by atoms with Crippen LogP contribution < -0.4 is 5.32 Å². The third kappa shape index (κ3) is 3.03. The van der Waals surface area contributed by atoms with Gasteiger partial charge in [0.2, 0.25) is 0 Å². The molecule has 1 N–H and O–H groups in total. The first kappa shape index (κ1) is 14.0. The van der Waals surface area contributed by atoms with E-state index in [0.29, 0.717) is 6.04 Å². The molecule has 3 rings (SSSR count). The predicted octanol–water partition coefficient (Wildman–Crippen LogP) is 4.16. The Kier molecular flexibility index (Phi) is 3.80. The topological polar surface area (TPSA) is 12.0 Å². The maximum absolute atomic E-state index is 13.6. The fraction of sp³-hybridized carbons (Fsp3) is 0.647. The number of rotatable bonds is 4. The summed E-state index contributed by atoms with van der Waals surface area (Å²) in [6, 6.07) is 4.67. The van der Waals surface area contributed by atoms with Crippen LogP contribution >= 0.6 is 0 Å². The molecular formula is C17H23F2N. The average Bonchev–Trinajstić information content (AvgIpc) is 3.21. The lowest BCUT2D eigenvalue weighted by Gasteiger charge is -2.40. The van der Waals surface area contributed by atoms with Gasteiger partial charge < -0.3 is 5.32 Å². The van der Waals surface area contributed by atoms with Crippen LogP contribution in [0.25, 0.3) is 0 Å². The van der Waals surface area contributed by atoms with Gasteiger partial charge in [-0.25, -0.2) is 8.78 Å². The summed E-state index contributed by atoms with van der Waals surface area (Å²) in [4.78, 5) is 0. The normalized spacial score (nSPS) is 30.4. The van der Waals surface area contributed by atoms with Crippen molar-refractivity contribution < 1.29 is 8.78 Å². The van der Waals surface area contributed by atoms with Gasteiger partial charge in [0.1, 0.15) is 11.6 Å². The fourth-order valence-corrected chi connectivity index (χ4v) is 3.37. The molecule has 0 amide bonds. The second-order valence-electron chi connectivity index (χ2n) is 6.78. The van der Waals surface area contributed by atoms with E-state index in [0.717, 1.165) is 49.8 Å². The van der Waals surface area contributed by atoms with Gasteiger partial charge in [-0.15, -0.1) is 0 Å². The van der Waals surface area contributed by atoms with Gasteiger partial charge >= 0.3 is 0 Å². The minimum Gasteiger partial charge on any atom is -0.313 e. The van der Waals surface area contributed by atoms with Crippen LogP contribution in [0.3, 0.4) is 0 Å². The molecule has 1 aromatic carbocycles. The molecule has 20 heavy (non-hydrogen) atoms. The molecule has 0 radical (unpaired) electrons. The highest BCUT2D eigenvalue weighted by atomic mass is 19.1. The van der Waals surface area contributed by atoms with Gasteiger partial charge in [0.05, 0.1) is 0 Å². The summed E-state index contributed by atoms with van der Waals surface area (Å²) in [5, 5.41) is 3.57. The van der Waals surface area contributed by atoms with Gasteiger partial charge in [-0.3, -0.25) is 0 Å². The van der Waals surface area contributed by atoms with Crippen LogP contribution in [-0.2, 0) is 5.41 Å². The number of hydrogen-bond donors (Lipinski definition) is 1. The number of benzene rings is 1. The maximum Gasteiger partial charge on any atom is 0.126 e. The summed E-state index contributed by atoms with van der Waals surface area (Å²) >= 11 is 0. The van der Waals surface area contributed by atoms with Gasteiger partial charge in [-0.2, -0.15) is 0 Å². The lowest BCUT2D eigenvalue weighted by atomic mass is 9.67. The molecule has 0 aliphatic heterocycles. The monoisotopic (exact) mass is 279 g/mol. The molecule has 2 saturated carbocycles. The van der Waals surface area contributed by atoms with Crippen LogP contribution in [0.4, 0.5) is 8.78 Å². The quantitative estimate of drug-likeness (QED) is 0.872. The molecular weight excluding hydrogens is 256 g/mol. The Morgan fingerprint density at radius 2 is 1.65 bits per heavy atom. The predicted molar refractivity (Wildman–Crippen MR) is 76.7 cm³/mol. The Hall–Kier alpha value is -0.960. The molecule has 2 aliphatic carbocycles.